The minimum Gasteiger partial charge on any atom is -0.376 e. The van der Waals surface area contributed by atoms with Gasteiger partial charge in [0.25, 0.3) is 0 Å². The second-order valence-electron chi connectivity index (χ2n) is 4.09. The normalized spacial score (nSPS) is 33.5. The van der Waals surface area contributed by atoms with Crippen LogP contribution in [-0.4, -0.2) is 68.4 Å². The molecule has 0 bridgehead atoms. The third kappa shape index (κ3) is 4.79. The standard InChI is InChI=1S/C9H17BFO7P/c1-5(18-19(12,13)14)6-7(15-2)8(9(10)17-6)16-4-3-11/h5-9H,3-4H2,1-2H3,(H2,12,13,14)/t5?,6?,7-,8-,9-/m1/s1. The van der Waals surface area contributed by atoms with Gasteiger partial charge in [0.05, 0.1) is 12.7 Å². The first-order valence-electron chi connectivity index (χ1n) is 5.65. The highest BCUT2D eigenvalue weighted by molar-refractivity contribution is 7.46. The molecular formula is C9H17BFO7P. The predicted molar refractivity (Wildman–Crippen MR) is 63.5 cm³/mol. The first kappa shape index (κ1) is 17.0. The molecule has 0 spiro atoms. The second kappa shape index (κ2) is 7.13. The van der Waals surface area contributed by atoms with Gasteiger partial charge in [-0.05, 0) is 6.92 Å². The summed E-state index contributed by atoms with van der Waals surface area (Å²) in [5, 5.41) is 0. The fourth-order valence-electron chi connectivity index (χ4n) is 2.00. The summed E-state index contributed by atoms with van der Waals surface area (Å²) >= 11 is 0. The summed E-state index contributed by atoms with van der Waals surface area (Å²) in [6, 6.07) is -0.885. The van der Waals surface area contributed by atoms with Crippen LogP contribution in [0, 0.1) is 0 Å². The number of rotatable bonds is 7. The van der Waals surface area contributed by atoms with Gasteiger partial charge in [-0.3, -0.25) is 4.52 Å². The Bertz CT molecular complexity index is 328. The zero-order valence-electron chi connectivity index (χ0n) is 10.6. The summed E-state index contributed by atoms with van der Waals surface area (Å²) in [7, 11) is 2.40. The zero-order chi connectivity index (χ0) is 14.6. The molecule has 0 saturated carbocycles. The first-order valence-corrected chi connectivity index (χ1v) is 7.18. The van der Waals surface area contributed by atoms with Crippen molar-refractivity contribution in [2.45, 2.75) is 37.3 Å². The summed E-state index contributed by atoms with van der Waals surface area (Å²) in [5.41, 5.74) is 0. The number of methoxy groups -OCH3 is 1. The maximum Gasteiger partial charge on any atom is 0.469 e. The van der Waals surface area contributed by atoms with E-state index in [1.807, 2.05) is 0 Å². The molecule has 110 valence electrons. The van der Waals surface area contributed by atoms with E-state index >= 15 is 0 Å². The Morgan fingerprint density at radius 1 is 1.47 bits per heavy atom. The molecule has 0 aromatic carbocycles. The molecule has 2 radical (unpaired) electrons. The molecule has 2 unspecified atom stereocenters. The predicted octanol–water partition coefficient (Wildman–Crippen LogP) is -0.253. The van der Waals surface area contributed by atoms with Crippen LogP contribution >= 0.6 is 7.82 Å². The lowest BCUT2D eigenvalue weighted by Crippen LogP contribution is -2.41. The molecule has 1 aliphatic rings. The van der Waals surface area contributed by atoms with Crippen LogP contribution < -0.4 is 0 Å². The summed E-state index contributed by atoms with van der Waals surface area (Å²) in [6.45, 7) is 0.570. The molecule has 1 aliphatic heterocycles. The quantitative estimate of drug-likeness (QED) is 0.494. The molecule has 0 aromatic heterocycles. The van der Waals surface area contributed by atoms with Crippen molar-refractivity contribution in [1.82, 2.24) is 0 Å². The molecule has 5 atom stereocenters. The van der Waals surface area contributed by atoms with Crippen molar-refractivity contribution in [3.63, 3.8) is 0 Å². The summed E-state index contributed by atoms with van der Waals surface area (Å²) in [5.74, 6) is 0. The Hall–Kier alpha value is -0.0151. The van der Waals surface area contributed by atoms with E-state index in [2.05, 4.69) is 4.52 Å². The lowest BCUT2D eigenvalue weighted by Gasteiger charge is -2.26. The van der Waals surface area contributed by atoms with Crippen LogP contribution in [0.3, 0.4) is 0 Å². The van der Waals surface area contributed by atoms with Gasteiger partial charge in [0.2, 0.25) is 0 Å². The molecule has 0 aromatic rings. The SMILES string of the molecule is [B][C@@H]1OC(C(C)OP(=O)(O)O)[C@@H](OC)[C@H]1OCCF. The molecule has 10 heteroatoms. The fourth-order valence-corrected chi connectivity index (χ4v) is 2.56. The molecule has 19 heavy (non-hydrogen) atoms. The van der Waals surface area contributed by atoms with Crippen LogP contribution in [0.15, 0.2) is 0 Å². The van der Waals surface area contributed by atoms with Crippen LogP contribution in [0.2, 0.25) is 0 Å². The van der Waals surface area contributed by atoms with Gasteiger partial charge >= 0.3 is 7.82 Å². The monoisotopic (exact) mass is 298 g/mol. The van der Waals surface area contributed by atoms with Gasteiger partial charge in [0.1, 0.15) is 32.8 Å². The zero-order valence-corrected chi connectivity index (χ0v) is 11.5. The molecule has 0 aliphatic carbocycles. The maximum absolute atomic E-state index is 12.1. The molecule has 0 amide bonds. The maximum atomic E-state index is 12.1. The molecular weight excluding hydrogens is 281 g/mol. The molecule has 1 rings (SSSR count). The first-order chi connectivity index (χ1) is 8.80. The topological polar surface area (TPSA) is 94.5 Å². The Balaban J connectivity index is 2.71. The average Bonchev–Trinajstić information content (AvgIpc) is 2.61. The van der Waals surface area contributed by atoms with Gasteiger partial charge in [-0.15, -0.1) is 0 Å². The van der Waals surface area contributed by atoms with Crippen molar-refractivity contribution < 1.29 is 37.5 Å². The lowest BCUT2D eigenvalue weighted by atomic mass is 9.92. The highest BCUT2D eigenvalue weighted by Crippen LogP contribution is 2.40. The van der Waals surface area contributed by atoms with Crippen molar-refractivity contribution >= 4 is 15.7 Å². The van der Waals surface area contributed by atoms with Crippen LogP contribution in [0.1, 0.15) is 6.92 Å². The van der Waals surface area contributed by atoms with Crippen LogP contribution in [-0.2, 0) is 23.3 Å². The Morgan fingerprint density at radius 2 is 2.11 bits per heavy atom. The van der Waals surface area contributed by atoms with Crippen LogP contribution in [0.5, 0.6) is 0 Å². The summed E-state index contributed by atoms with van der Waals surface area (Å²) in [6.07, 6.45) is -3.22. The van der Waals surface area contributed by atoms with Crippen LogP contribution in [0.25, 0.3) is 0 Å². The van der Waals surface area contributed by atoms with Gasteiger partial charge in [-0.2, -0.15) is 0 Å². The molecule has 2 N–H and O–H groups in total. The van der Waals surface area contributed by atoms with Gasteiger partial charge in [0.15, 0.2) is 0 Å². The fraction of sp³-hybridized carbons (Fsp3) is 1.00. The smallest absolute Gasteiger partial charge is 0.376 e. The summed E-state index contributed by atoms with van der Waals surface area (Å²) < 4.78 is 43.1. The largest absolute Gasteiger partial charge is 0.469 e. The van der Waals surface area contributed by atoms with Crippen molar-refractivity contribution in [1.29, 1.82) is 0 Å². The van der Waals surface area contributed by atoms with E-state index in [1.165, 1.54) is 14.0 Å². The van der Waals surface area contributed by atoms with Crippen molar-refractivity contribution in [2.75, 3.05) is 20.4 Å². The highest BCUT2D eigenvalue weighted by atomic mass is 31.2. The number of hydrogen-bond donors (Lipinski definition) is 2. The van der Waals surface area contributed by atoms with Crippen molar-refractivity contribution in [3.8, 4) is 0 Å². The third-order valence-corrected chi connectivity index (χ3v) is 3.32. The molecule has 7 nitrogen and oxygen atoms in total. The van der Waals surface area contributed by atoms with E-state index in [0.717, 1.165) is 0 Å². The van der Waals surface area contributed by atoms with E-state index in [4.69, 9.17) is 31.8 Å². The van der Waals surface area contributed by atoms with Gasteiger partial charge in [-0.1, -0.05) is 0 Å². The minimum atomic E-state index is -4.65. The van der Waals surface area contributed by atoms with Crippen molar-refractivity contribution in [2.24, 2.45) is 0 Å². The summed E-state index contributed by atoms with van der Waals surface area (Å²) in [4.78, 5) is 17.5. The van der Waals surface area contributed by atoms with E-state index in [0.29, 0.717) is 0 Å². The number of alkyl halides is 1. The molecule has 1 fully saturated rings. The van der Waals surface area contributed by atoms with E-state index in [-0.39, 0.29) is 6.61 Å². The number of phosphoric acid groups is 1. The Labute approximate surface area is 112 Å². The number of halogens is 1. The third-order valence-electron chi connectivity index (χ3n) is 2.71. The number of hydrogen-bond acceptors (Lipinski definition) is 5. The van der Waals surface area contributed by atoms with Gasteiger partial charge < -0.3 is 24.0 Å². The van der Waals surface area contributed by atoms with Crippen molar-refractivity contribution in [3.05, 3.63) is 0 Å². The van der Waals surface area contributed by atoms with Crippen LogP contribution in [0.4, 0.5) is 4.39 Å². The van der Waals surface area contributed by atoms with E-state index < -0.39 is 44.9 Å². The Kier molecular flexibility index (Phi) is 6.39. The van der Waals surface area contributed by atoms with Gasteiger partial charge in [0, 0.05) is 13.1 Å². The highest BCUT2D eigenvalue weighted by Gasteiger charge is 2.47. The van der Waals surface area contributed by atoms with E-state index in [1.54, 1.807) is 0 Å². The van der Waals surface area contributed by atoms with E-state index in [9.17, 15) is 8.96 Å². The lowest BCUT2D eigenvalue weighted by molar-refractivity contribution is -0.0700. The number of phosphoric ester groups is 1. The second-order valence-corrected chi connectivity index (χ2v) is 5.28. The molecule has 1 saturated heterocycles. The van der Waals surface area contributed by atoms with Gasteiger partial charge in [-0.25, -0.2) is 8.96 Å². The average molecular weight is 298 g/mol. The molecule has 1 heterocycles. The minimum absolute atomic E-state index is 0.165. The number of ether oxygens (including phenoxy) is 3. The Morgan fingerprint density at radius 3 is 2.58 bits per heavy atom.